The van der Waals surface area contributed by atoms with Gasteiger partial charge in [-0.25, -0.2) is 18.5 Å². The first-order chi connectivity index (χ1) is 9.98. The summed E-state index contributed by atoms with van der Waals surface area (Å²) in [4.78, 5) is 4.39. The Kier molecular flexibility index (Phi) is 3.56. The molecule has 0 fully saturated rings. The maximum atomic E-state index is 12.8. The molecule has 0 bridgehead atoms. The molecule has 2 aromatic rings. The highest BCUT2D eigenvalue weighted by Crippen LogP contribution is 2.35. The molecule has 1 N–H and O–H groups in total. The van der Waals surface area contributed by atoms with E-state index in [0.717, 1.165) is 5.06 Å². The summed E-state index contributed by atoms with van der Waals surface area (Å²) in [5, 5.41) is 10.3. The van der Waals surface area contributed by atoms with Gasteiger partial charge in [0.05, 0.1) is 22.0 Å². The van der Waals surface area contributed by atoms with Crippen LogP contribution in [0.2, 0.25) is 0 Å². The SMILES string of the molecule is O=S(=O)(c1cccc(Br)c1)c1cccc2c1N=CN(O)C2. The van der Waals surface area contributed by atoms with Gasteiger partial charge < -0.3 is 0 Å². The molecular weight excluding hydrogens is 356 g/mol. The van der Waals surface area contributed by atoms with Crippen molar-refractivity contribution in [2.45, 2.75) is 16.3 Å². The number of nitrogens with zero attached hydrogens (tertiary/aromatic N) is 2. The molecule has 0 aliphatic carbocycles. The molecule has 0 spiro atoms. The minimum atomic E-state index is -3.66. The van der Waals surface area contributed by atoms with Gasteiger partial charge in [-0.15, -0.1) is 0 Å². The van der Waals surface area contributed by atoms with E-state index in [1.54, 1.807) is 36.4 Å². The monoisotopic (exact) mass is 366 g/mol. The lowest BCUT2D eigenvalue weighted by Crippen LogP contribution is -2.20. The Morgan fingerprint density at radius 2 is 1.95 bits per heavy atom. The number of para-hydroxylation sites is 1. The van der Waals surface area contributed by atoms with E-state index in [2.05, 4.69) is 20.9 Å². The third kappa shape index (κ3) is 2.59. The van der Waals surface area contributed by atoms with Gasteiger partial charge in [0.1, 0.15) is 6.34 Å². The van der Waals surface area contributed by atoms with E-state index < -0.39 is 9.84 Å². The first kappa shape index (κ1) is 14.2. The molecule has 21 heavy (non-hydrogen) atoms. The molecule has 7 heteroatoms. The molecule has 0 radical (unpaired) electrons. The van der Waals surface area contributed by atoms with Crippen LogP contribution in [-0.4, -0.2) is 25.0 Å². The lowest BCUT2D eigenvalue weighted by molar-refractivity contribution is -0.0179. The first-order valence-corrected chi connectivity index (χ1v) is 8.38. The summed E-state index contributed by atoms with van der Waals surface area (Å²) in [7, 11) is -3.66. The van der Waals surface area contributed by atoms with Gasteiger partial charge in [-0.2, -0.15) is 0 Å². The fourth-order valence-corrected chi connectivity index (χ4v) is 4.20. The van der Waals surface area contributed by atoms with Gasteiger partial charge in [0.2, 0.25) is 9.84 Å². The largest absolute Gasteiger partial charge is 0.287 e. The molecule has 0 saturated carbocycles. The number of hydroxylamine groups is 2. The quantitative estimate of drug-likeness (QED) is 0.885. The maximum absolute atomic E-state index is 12.8. The molecule has 108 valence electrons. The minimum absolute atomic E-state index is 0.141. The van der Waals surface area contributed by atoms with Gasteiger partial charge in [-0.3, -0.25) is 5.21 Å². The Labute approximate surface area is 130 Å². The van der Waals surface area contributed by atoms with Gasteiger partial charge in [-0.1, -0.05) is 34.1 Å². The molecule has 0 atom stereocenters. The molecule has 1 aliphatic rings. The van der Waals surface area contributed by atoms with E-state index in [1.165, 1.54) is 12.4 Å². The second kappa shape index (κ2) is 5.25. The highest BCUT2D eigenvalue weighted by Gasteiger charge is 2.24. The summed E-state index contributed by atoms with van der Waals surface area (Å²) in [6.07, 6.45) is 1.21. The first-order valence-electron chi connectivity index (χ1n) is 6.11. The molecule has 5 nitrogen and oxygen atoms in total. The average Bonchev–Trinajstić information content (AvgIpc) is 2.46. The van der Waals surface area contributed by atoms with Crippen molar-refractivity contribution in [3.8, 4) is 0 Å². The number of halogens is 1. The molecule has 1 aliphatic heterocycles. The molecule has 3 rings (SSSR count). The number of benzene rings is 2. The van der Waals surface area contributed by atoms with Crippen LogP contribution in [0.4, 0.5) is 5.69 Å². The van der Waals surface area contributed by atoms with Gasteiger partial charge in [-0.05, 0) is 24.3 Å². The lowest BCUT2D eigenvalue weighted by Gasteiger charge is -2.19. The van der Waals surface area contributed by atoms with Crippen LogP contribution in [0.3, 0.4) is 0 Å². The van der Waals surface area contributed by atoms with E-state index in [4.69, 9.17) is 0 Å². The fourth-order valence-electron chi connectivity index (χ4n) is 2.16. The van der Waals surface area contributed by atoms with Crippen LogP contribution in [0.1, 0.15) is 5.56 Å². The second-order valence-corrected chi connectivity index (χ2v) is 7.40. The maximum Gasteiger partial charge on any atom is 0.208 e. The van der Waals surface area contributed by atoms with E-state index in [0.29, 0.717) is 15.7 Å². The summed E-state index contributed by atoms with van der Waals surface area (Å²) in [6.45, 7) is 0.209. The molecule has 2 aromatic carbocycles. The zero-order chi connectivity index (χ0) is 15.0. The highest BCUT2D eigenvalue weighted by molar-refractivity contribution is 9.10. The highest BCUT2D eigenvalue weighted by atomic mass is 79.9. The van der Waals surface area contributed by atoms with Gasteiger partial charge in [0.15, 0.2) is 0 Å². The number of rotatable bonds is 2. The van der Waals surface area contributed by atoms with E-state index in [9.17, 15) is 13.6 Å². The minimum Gasteiger partial charge on any atom is -0.287 e. The molecular formula is C14H11BrN2O3S. The number of hydrogen-bond donors (Lipinski definition) is 1. The normalized spacial score (nSPS) is 14.1. The Balaban J connectivity index is 2.19. The number of sulfone groups is 1. The zero-order valence-corrected chi connectivity index (χ0v) is 13.2. The van der Waals surface area contributed by atoms with Crippen molar-refractivity contribution in [3.63, 3.8) is 0 Å². The molecule has 0 aromatic heterocycles. The molecule has 0 unspecified atom stereocenters. The van der Waals surface area contributed by atoms with Crippen LogP contribution < -0.4 is 0 Å². The van der Waals surface area contributed by atoms with Crippen molar-refractivity contribution < 1.29 is 13.6 Å². The Bertz CT molecular complexity index is 834. The standard InChI is InChI=1S/C14H11BrN2O3S/c15-11-4-2-5-12(7-11)21(19,20)13-6-1-3-10-8-17(18)9-16-14(10)13/h1-7,9,18H,8H2. The Hall–Kier alpha value is -1.70. The van der Waals surface area contributed by atoms with Crippen LogP contribution in [-0.2, 0) is 16.4 Å². The zero-order valence-electron chi connectivity index (χ0n) is 10.8. The van der Waals surface area contributed by atoms with Gasteiger partial charge >= 0.3 is 0 Å². The van der Waals surface area contributed by atoms with Gasteiger partial charge in [0, 0.05) is 10.0 Å². The number of aliphatic imine (C=N–C) groups is 1. The van der Waals surface area contributed by atoms with Crippen molar-refractivity contribution in [2.75, 3.05) is 0 Å². The predicted molar refractivity (Wildman–Crippen MR) is 81.5 cm³/mol. The van der Waals surface area contributed by atoms with Gasteiger partial charge in [0.25, 0.3) is 0 Å². The van der Waals surface area contributed by atoms with Crippen molar-refractivity contribution in [2.24, 2.45) is 4.99 Å². The third-order valence-electron chi connectivity index (χ3n) is 3.13. The summed E-state index contributed by atoms with van der Waals surface area (Å²) in [6, 6.07) is 11.5. The number of fused-ring (bicyclic) bond motifs is 1. The van der Waals surface area contributed by atoms with Crippen molar-refractivity contribution in [3.05, 3.63) is 52.5 Å². The number of hydrogen-bond acceptors (Lipinski definition) is 5. The smallest absolute Gasteiger partial charge is 0.208 e. The van der Waals surface area contributed by atoms with Crippen LogP contribution >= 0.6 is 15.9 Å². The molecule has 1 heterocycles. The van der Waals surface area contributed by atoms with E-state index >= 15 is 0 Å². The summed E-state index contributed by atoms with van der Waals surface area (Å²) < 4.78 is 26.2. The van der Waals surface area contributed by atoms with Crippen LogP contribution in [0.25, 0.3) is 0 Å². The lowest BCUT2D eigenvalue weighted by atomic mass is 10.1. The average molecular weight is 367 g/mol. The fraction of sp³-hybridized carbons (Fsp3) is 0.0714. The molecule has 0 saturated heterocycles. The summed E-state index contributed by atoms with van der Waals surface area (Å²) >= 11 is 3.28. The van der Waals surface area contributed by atoms with Crippen molar-refractivity contribution in [1.29, 1.82) is 0 Å². The third-order valence-corrected chi connectivity index (χ3v) is 5.41. The summed E-state index contributed by atoms with van der Waals surface area (Å²) in [5.41, 5.74) is 1.04. The van der Waals surface area contributed by atoms with E-state index in [1.807, 2.05) is 0 Å². The Morgan fingerprint density at radius 3 is 2.71 bits per heavy atom. The van der Waals surface area contributed by atoms with Crippen LogP contribution in [0.15, 0.2) is 61.7 Å². The van der Waals surface area contributed by atoms with E-state index in [-0.39, 0.29) is 16.3 Å². The Morgan fingerprint density at radius 1 is 1.19 bits per heavy atom. The predicted octanol–water partition coefficient (Wildman–Crippen LogP) is 3.15. The van der Waals surface area contributed by atoms with Crippen LogP contribution in [0.5, 0.6) is 0 Å². The van der Waals surface area contributed by atoms with Crippen molar-refractivity contribution >= 4 is 37.8 Å². The van der Waals surface area contributed by atoms with Crippen molar-refractivity contribution in [1.82, 2.24) is 5.06 Å². The molecule has 0 amide bonds. The summed E-state index contributed by atoms with van der Waals surface area (Å²) in [5.74, 6) is 0. The van der Waals surface area contributed by atoms with Crippen LogP contribution in [0, 0.1) is 0 Å². The topological polar surface area (TPSA) is 70.0 Å². The second-order valence-electron chi connectivity index (χ2n) is 4.57.